The molecule has 3 aliphatic rings. The van der Waals surface area contributed by atoms with Gasteiger partial charge in [0.1, 0.15) is 5.82 Å². The van der Waals surface area contributed by atoms with Crippen LogP contribution in [0, 0.1) is 11.8 Å². The lowest BCUT2D eigenvalue weighted by atomic mass is 9.70. The molecule has 240 valence electrons. The smallest absolute Gasteiger partial charge is 0.475 e. The molecule has 5 rings (SSSR count). The fourth-order valence-electron chi connectivity index (χ4n) is 5.87. The van der Waals surface area contributed by atoms with E-state index in [0.29, 0.717) is 11.7 Å². The number of fused-ring (bicyclic) bond motifs is 3. The molecule has 2 aromatic rings. The molecule has 2 atom stereocenters. The second-order valence-electron chi connectivity index (χ2n) is 11.1. The molecule has 0 radical (unpaired) electrons. The second kappa shape index (κ2) is 14.3. The van der Waals surface area contributed by atoms with Crippen molar-refractivity contribution in [3.05, 3.63) is 17.8 Å². The van der Waals surface area contributed by atoms with Crippen LogP contribution in [0.1, 0.15) is 74.7 Å². The Morgan fingerprint density at radius 3 is 1.84 bits per heavy atom. The highest BCUT2D eigenvalue weighted by Gasteiger charge is 2.39. The van der Waals surface area contributed by atoms with E-state index in [4.69, 9.17) is 24.8 Å². The first kappa shape index (κ1) is 33.9. The summed E-state index contributed by atoms with van der Waals surface area (Å²) in [6.45, 7) is 2.13. The van der Waals surface area contributed by atoms with E-state index in [1.807, 2.05) is 13.1 Å². The number of carbonyl (C=O) groups is 3. The van der Waals surface area contributed by atoms with Crippen LogP contribution in [0.25, 0.3) is 11.0 Å². The molecule has 2 aromatic heterocycles. The fourth-order valence-corrected chi connectivity index (χ4v) is 5.87. The highest BCUT2D eigenvalue weighted by Crippen LogP contribution is 2.40. The lowest BCUT2D eigenvalue weighted by Crippen LogP contribution is -2.42. The number of halogens is 6. The molecule has 3 fully saturated rings. The normalized spacial score (nSPS) is 22.3. The van der Waals surface area contributed by atoms with E-state index in [9.17, 15) is 31.1 Å². The van der Waals surface area contributed by atoms with Gasteiger partial charge in [-0.2, -0.15) is 31.4 Å². The van der Waals surface area contributed by atoms with Crippen molar-refractivity contribution in [2.45, 2.75) is 82.6 Å². The topological polar surface area (TPSA) is 138 Å². The highest BCUT2D eigenvalue weighted by atomic mass is 19.4. The summed E-state index contributed by atoms with van der Waals surface area (Å²) in [5.41, 5.74) is 1.32. The van der Waals surface area contributed by atoms with E-state index >= 15 is 0 Å². The van der Waals surface area contributed by atoms with Crippen molar-refractivity contribution >= 4 is 34.7 Å². The molecule has 1 aliphatic heterocycles. The van der Waals surface area contributed by atoms with Gasteiger partial charge in [-0.15, -0.1) is 0 Å². The molecule has 43 heavy (non-hydrogen) atoms. The molecule has 3 heterocycles. The van der Waals surface area contributed by atoms with Crippen LogP contribution >= 0.6 is 0 Å². The first-order valence-corrected chi connectivity index (χ1v) is 14.1. The molecule has 1 saturated heterocycles. The zero-order valence-electron chi connectivity index (χ0n) is 23.5. The number of alkyl halides is 6. The van der Waals surface area contributed by atoms with Gasteiger partial charge in [-0.1, -0.05) is 32.1 Å². The van der Waals surface area contributed by atoms with Crippen molar-refractivity contribution in [3.8, 4) is 0 Å². The predicted molar refractivity (Wildman–Crippen MR) is 143 cm³/mol. The van der Waals surface area contributed by atoms with Gasteiger partial charge in [-0.3, -0.25) is 4.79 Å². The summed E-state index contributed by atoms with van der Waals surface area (Å²) < 4.78 is 65.2. The molecular formula is C27H35F6N5O5. The van der Waals surface area contributed by atoms with Crippen LogP contribution < -0.4 is 10.2 Å². The minimum atomic E-state index is -5.08. The maximum atomic E-state index is 13.1. The zero-order chi connectivity index (χ0) is 31.9. The summed E-state index contributed by atoms with van der Waals surface area (Å²) in [7, 11) is 1.89. The third-order valence-corrected chi connectivity index (χ3v) is 7.76. The number of aryl methyl sites for hydroxylation is 1. The molecule has 1 amide bonds. The first-order chi connectivity index (χ1) is 20.1. The molecule has 2 saturated carbocycles. The van der Waals surface area contributed by atoms with Gasteiger partial charge >= 0.3 is 24.3 Å². The van der Waals surface area contributed by atoms with Crippen LogP contribution in [-0.4, -0.2) is 74.3 Å². The van der Waals surface area contributed by atoms with E-state index in [1.54, 1.807) is 4.68 Å². The van der Waals surface area contributed by atoms with Crippen molar-refractivity contribution in [1.82, 2.24) is 20.1 Å². The van der Waals surface area contributed by atoms with Crippen LogP contribution in [0.5, 0.6) is 0 Å². The number of nitrogens with zero attached hydrogens (tertiary/aromatic N) is 4. The number of aliphatic carboxylic acids is 2. The Balaban J connectivity index is 0.000000303. The van der Waals surface area contributed by atoms with Gasteiger partial charge in [0, 0.05) is 26.2 Å². The molecule has 10 nitrogen and oxygen atoms in total. The Morgan fingerprint density at radius 1 is 0.837 bits per heavy atom. The number of nitrogens with one attached hydrogen (secondary N) is 1. The summed E-state index contributed by atoms with van der Waals surface area (Å²) in [6, 6.07) is 4.41. The molecular weight excluding hydrogens is 588 g/mol. The first-order valence-electron chi connectivity index (χ1n) is 14.1. The van der Waals surface area contributed by atoms with Crippen molar-refractivity contribution in [2.75, 3.05) is 18.0 Å². The molecule has 2 bridgehead atoms. The number of amides is 1. The maximum absolute atomic E-state index is 13.1. The lowest BCUT2D eigenvalue weighted by Gasteiger charge is -2.39. The summed E-state index contributed by atoms with van der Waals surface area (Å²) >= 11 is 0. The van der Waals surface area contributed by atoms with Gasteiger partial charge in [0.2, 0.25) is 0 Å². The Morgan fingerprint density at radius 2 is 1.35 bits per heavy atom. The number of anilines is 1. The zero-order valence-corrected chi connectivity index (χ0v) is 23.5. The monoisotopic (exact) mass is 623 g/mol. The molecule has 2 unspecified atom stereocenters. The number of carboxylic acid groups (broad SMARTS) is 2. The van der Waals surface area contributed by atoms with E-state index in [2.05, 4.69) is 21.4 Å². The minimum Gasteiger partial charge on any atom is -0.475 e. The van der Waals surface area contributed by atoms with Crippen molar-refractivity contribution in [2.24, 2.45) is 18.9 Å². The second-order valence-corrected chi connectivity index (χ2v) is 11.1. The van der Waals surface area contributed by atoms with Crippen LogP contribution in [0.3, 0.4) is 0 Å². The number of pyridine rings is 1. The molecule has 16 heteroatoms. The van der Waals surface area contributed by atoms with Crippen molar-refractivity contribution in [1.29, 1.82) is 0 Å². The standard InChI is InChI=1S/C23H33N5O.2C2HF3O2/c1-27-22-19(9-10-20(25-22)28-11-4-2-3-5-12-28)21(26-27)23(29)24-18-14-16-7-6-8-17(13-16)15-18;2*3-2(4,5)1(6)7/h9-10,16-18H,2-8,11-15H2,1H3,(H,24,29);2*(H,6,7). The van der Waals surface area contributed by atoms with Gasteiger partial charge in [-0.25, -0.2) is 19.3 Å². The van der Waals surface area contributed by atoms with Crippen LogP contribution in [0.15, 0.2) is 12.1 Å². The third kappa shape index (κ3) is 9.71. The van der Waals surface area contributed by atoms with E-state index < -0.39 is 24.3 Å². The summed E-state index contributed by atoms with van der Waals surface area (Å²) in [5, 5.41) is 23.0. The number of aromatic nitrogens is 3. The molecule has 0 spiro atoms. The molecule has 3 N–H and O–H groups in total. The third-order valence-electron chi connectivity index (χ3n) is 7.76. The average Bonchev–Trinajstić information content (AvgIpc) is 3.06. The number of rotatable bonds is 3. The number of hydrogen-bond acceptors (Lipinski definition) is 6. The van der Waals surface area contributed by atoms with Crippen molar-refractivity contribution in [3.63, 3.8) is 0 Å². The summed E-state index contributed by atoms with van der Waals surface area (Å²) in [6.07, 6.45) is 2.54. The largest absolute Gasteiger partial charge is 0.490 e. The van der Waals surface area contributed by atoms with Gasteiger partial charge in [-0.05, 0) is 56.1 Å². The van der Waals surface area contributed by atoms with Gasteiger partial charge in [0.15, 0.2) is 11.3 Å². The van der Waals surface area contributed by atoms with Gasteiger partial charge in [0.25, 0.3) is 5.91 Å². The highest BCUT2D eigenvalue weighted by molar-refractivity contribution is 6.04. The summed E-state index contributed by atoms with van der Waals surface area (Å²) in [5.74, 6) is -2.95. The quantitative estimate of drug-likeness (QED) is 0.391. The maximum Gasteiger partial charge on any atom is 0.490 e. The predicted octanol–water partition coefficient (Wildman–Crippen LogP) is 5.31. The Labute approximate surface area is 243 Å². The van der Waals surface area contributed by atoms with Crippen LogP contribution in [0.4, 0.5) is 32.2 Å². The Bertz CT molecular complexity index is 1240. The SMILES string of the molecule is Cn1nc(C(=O)NC2CC3CCCC(C3)C2)c2ccc(N3CCCCCC3)nc21.O=C(O)C(F)(F)F.O=C(O)C(F)(F)F. The lowest BCUT2D eigenvalue weighted by molar-refractivity contribution is -0.193. The number of carbonyl (C=O) groups excluding carboxylic acids is 1. The average molecular weight is 624 g/mol. The molecule has 0 aromatic carbocycles. The fraction of sp³-hybridized carbons (Fsp3) is 0.667. The Kier molecular flexibility index (Phi) is 11.2. The van der Waals surface area contributed by atoms with Crippen LogP contribution in [0.2, 0.25) is 0 Å². The Hall–Kier alpha value is -3.59. The molecule has 2 aliphatic carbocycles. The van der Waals surface area contributed by atoms with E-state index in [0.717, 1.165) is 54.6 Å². The van der Waals surface area contributed by atoms with E-state index in [-0.39, 0.29) is 5.91 Å². The number of carboxylic acids is 2. The summed E-state index contributed by atoms with van der Waals surface area (Å²) in [4.78, 5) is 38.1. The number of hydrogen-bond donors (Lipinski definition) is 3. The van der Waals surface area contributed by atoms with Gasteiger partial charge < -0.3 is 20.4 Å². The van der Waals surface area contributed by atoms with Crippen molar-refractivity contribution < 1.29 is 50.9 Å². The van der Waals surface area contributed by atoms with E-state index in [1.165, 1.54) is 51.4 Å². The van der Waals surface area contributed by atoms with Crippen LogP contribution in [-0.2, 0) is 16.6 Å². The van der Waals surface area contributed by atoms with Gasteiger partial charge in [0.05, 0.1) is 5.39 Å². The minimum absolute atomic E-state index is 0.0371.